The fourth-order valence-corrected chi connectivity index (χ4v) is 2.42. The lowest BCUT2D eigenvalue weighted by molar-refractivity contribution is -0.139. The average molecular weight is 254 g/mol. The van der Waals surface area contributed by atoms with Crippen LogP contribution in [0.15, 0.2) is 5.38 Å². The van der Waals surface area contributed by atoms with Gasteiger partial charge in [-0.25, -0.2) is 4.98 Å². The van der Waals surface area contributed by atoms with Crippen LogP contribution in [0.1, 0.15) is 31.4 Å². The van der Waals surface area contributed by atoms with Crippen molar-refractivity contribution in [2.24, 2.45) is 5.92 Å². The van der Waals surface area contributed by atoms with Crippen molar-refractivity contribution in [3.63, 3.8) is 0 Å². The van der Waals surface area contributed by atoms with Crippen molar-refractivity contribution in [3.05, 3.63) is 11.1 Å². The normalized spacial score (nSPS) is 14.6. The van der Waals surface area contributed by atoms with Crippen LogP contribution in [0.2, 0.25) is 0 Å². The highest BCUT2D eigenvalue weighted by Crippen LogP contribution is 2.33. The van der Waals surface area contributed by atoms with Crippen LogP contribution >= 0.6 is 11.3 Å². The molecule has 1 aromatic heterocycles. The molecular weight excluding hydrogens is 236 g/mol. The number of carbonyl (C=O) groups excluding carboxylic acids is 1. The number of hydrogen-bond acceptors (Lipinski definition) is 5. The molecule has 4 nitrogen and oxygen atoms in total. The molecule has 1 heterocycles. The monoisotopic (exact) mass is 254 g/mol. The first kappa shape index (κ1) is 12.4. The maximum atomic E-state index is 11.1. The van der Waals surface area contributed by atoms with Crippen molar-refractivity contribution in [1.82, 2.24) is 4.98 Å². The number of nitrogens with zero attached hydrogens (tertiary/aromatic N) is 1. The molecule has 0 amide bonds. The Morgan fingerprint density at radius 1 is 1.65 bits per heavy atom. The molecule has 94 valence electrons. The maximum Gasteiger partial charge on any atom is 0.311 e. The zero-order valence-corrected chi connectivity index (χ0v) is 10.9. The number of aromatic nitrogens is 1. The van der Waals surface area contributed by atoms with E-state index in [4.69, 9.17) is 0 Å². The Morgan fingerprint density at radius 2 is 2.47 bits per heavy atom. The Kier molecular flexibility index (Phi) is 4.36. The molecule has 1 fully saturated rings. The molecule has 0 unspecified atom stereocenters. The lowest BCUT2D eigenvalue weighted by Crippen LogP contribution is -2.05. The Morgan fingerprint density at radius 3 is 3.18 bits per heavy atom. The third-order valence-corrected chi connectivity index (χ3v) is 3.72. The summed E-state index contributed by atoms with van der Waals surface area (Å²) >= 11 is 1.55. The molecule has 0 aromatic carbocycles. The third kappa shape index (κ3) is 4.34. The zero-order chi connectivity index (χ0) is 12.1. The summed E-state index contributed by atoms with van der Waals surface area (Å²) in [5.41, 5.74) is 0.784. The number of hydrogen-bond donors (Lipinski definition) is 1. The summed E-state index contributed by atoms with van der Waals surface area (Å²) in [7, 11) is 1.39. The van der Waals surface area contributed by atoms with Gasteiger partial charge in [0.2, 0.25) is 0 Å². The van der Waals surface area contributed by atoms with Gasteiger partial charge in [-0.05, 0) is 18.8 Å². The summed E-state index contributed by atoms with van der Waals surface area (Å²) < 4.78 is 4.60. The van der Waals surface area contributed by atoms with Crippen molar-refractivity contribution in [3.8, 4) is 0 Å². The number of nitrogens with one attached hydrogen (secondary N) is 1. The van der Waals surface area contributed by atoms with E-state index in [2.05, 4.69) is 15.0 Å². The molecule has 0 aliphatic heterocycles. The second kappa shape index (κ2) is 6.00. The molecule has 1 aliphatic rings. The van der Waals surface area contributed by atoms with Crippen LogP contribution in [0, 0.1) is 5.92 Å². The Balaban J connectivity index is 1.67. The van der Waals surface area contributed by atoms with Gasteiger partial charge in [0.25, 0.3) is 0 Å². The van der Waals surface area contributed by atoms with Gasteiger partial charge in [-0.2, -0.15) is 0 Å². The fourth-order valence-electron chi connectivity index (χ4n) is 1.68. The van der Waals surface area contributed by atoms with Crippen LogP contribution in [0.4, 0.5) is 5.13 Å². The summed E-state index contributed by atoms with van der Waals surface area (Å²) in [4.78, 5) is 15.4. The summed E-state index contributed by atoms with van der Waals surface area (Å²) in [6.45, 7) is 0.974. The van der Waals surface area contributed by atoms with Gasteiger partial charge in [0, 0.05) is 11.9 Å². The quantitative estimate of drug-likeness (QED) is 0.600. The predicted molar refractivity (Wildman–Crippen MR) is 68.3 cm³/mol. The van der Waals surface area contributed by atoms with Crippen LogP contribution in [-0.4, -0.2) is 24.6 Å². The van der Waals surface area contributed by atoms with E-state index in [0.29, 0.717) is 0 Å². The molecule has 5 heteroatoms. The number of methoxy groups -OCH3 is 1. The first-order chi connectivity index (χ1) is 8.28. The van der Waals surface area contributed by atoms with Crippen molar-refractivity contribution < 1.29 is 9.53 Å². The molecule has 0 saturated heterocycles. The second-order valence-electron chi connectivity index (χ2n) is 4.41. The van der Waals surface area contributed by atoms with Crippen molar-refractivity contribution >= 4 is 22.4 Å². The molecule has 1 aromatic rings. The number of rotatable bonds is 7. The molecule has 1 saturated carbocycles. The van der Waals surface area contributed by atoms with E-state index >= 15 is 0 Å². The zero-order valence-electron chi connectivity index (χ0n) is 10.1. The third-order valence-electron chi connectivity index (χ3n) is 2.87. The van der Waals surface area contributed by atoms with Gasteiger partial charge >= 0.3 is 5.97 Å². The lowest BCUT2D eigenvalue weighted by Gasteiger charge is -2.01. The van der Waals surface area contributed by atoms with E-state index < -0.39 is 0 Å². The number of anilines is 1. The summed E-state index contributed by atoms with van der Waals surface area (Å²) in [6.07, 6.45) is 5.63. The summed E-state index contributed by atoms with van der Waals surface area (Å²) in [5, 5.41) is 6.10. The predicted octanol–water partition coefficient (Wildman–Crippen LogP) is 2.46. The van der Waals surface area contributed by atoms with Gasteiger partial charge in [0.15, 0.2) is 5.13 Å². The van der Waals surface area contributed by atoms with E-state index in [0.717, 1.165) is 23.3 Å². The highest BCUT2D eigenvalue weighted by atomic mass is 32.1. The van der Waals surface area contributed by atoms with Crippen LogP contribution in [-0.2, 0) is 16.0 Å². The van der Waals surface area contributed by atoms with E-state index in [1.165, 1.54) is 32.8 Å². The van der Waals surface area contributed by atoms with Crippen LogP contribution < -0.4 is 5.32 Å². The molecule has 17 heavy (non-hydrogen) atoms. The minimum absolute atomic E-state index is 0.240. The Labute approximate surface area is 105 Å². The molecule has 0 radical (unpaired) electrons. The SMILES string of the molecule is COC(=O)Cc1csc(NCCCC2CC2)n1. The van der Waals surface area contributed by atoms with Gasteiger partial charge in [-0.3, -0.25) is 4.79 Å². The topological polar surface area (TPSA) is 51.2 Å². The van der Waals surface area contributed by atoms with E-state index in [1.54, 1.807) is 11.3 Å². The minimum Gasteiger partial charge on any atom is -0.469 e. The number of esters is 1. The van der Waals surface area contributed by atoms with E-state index in [-0.39, 0.29) is 12.4 Å². The molecule has 0 atom stereocenters. The smallest absolute Gasteiger partial charge is 0.311 e. The summed E-state index contributed by atoms with van der Waals surface area (Å²) in [5.74, 6) is 0.749. The van der Waals surface area contributed by atoms with Gasteiger partial charge in [0.05, 0.1) is 19.2 Å². The first-order valence-electron chi connectivity index (χ1n) is 6.03. The molecule has 2 rings (SSSR count). The van der Waals surface area contributed by atoms with Crippen LogP contribution in [0.3, 0.4) is 0 Å². The van der Waals surface area contributed by atoms with Crippen molar-refractivity contribution in [1.29, 1.82) is 0 Å². The second-order valence-corrected chi connectivity index (χ2v) is 5.27. The molecule has 0 spiro atoms. The van der Waals surface area contributed by atoms with Gasteiger partial charge < -0.3 is 10.1 Å². The molecule has 1 aliphatic carbocycles. The van der Waals surface area contributed by atoms with E-state index in [9.17, 15) is 4.79 Å². The number of thiazole rings is 1. The molecular formula is C12H18N2O2S. The highest BCUT2D eigenvalue weighted by Gasteiger charge is 2.19. The Bertz CT molecular complexity index is 374. The van der Waals surface area contributed by atoms with Gasteiger partial charge in [-0.1, -0.05) is 12.8 Å². The summed E-state index contributed by atoms with van der Waals surface area (Å²) in [6, 6.07) is 0. The van der Waals surface area contributed by atoms with E-state index in [1.807, 2.05) is 5.38 Å². The van der Waals surface area contributed by atoms with Crippen LogP contribution in [0.25, 0.3) is 0 Å². The standard InChI is InChI=1S/C12H18N2O2S/c1-16-11(15)7-10-8-17-12(14-10)13-6-2-3-9-4-5-9/h8-9H,2-7H2,1H3,(H,13,14). The van der Waals surface area contributed by atoms with Gasteiger partial charge in [0.1, 0.15) is 0 Å². The molecule has 1 N–H and O–H groups in total. The van der Waals surface area contributed by atoms with Crippen LogP contribution in [0.5, 0.6) is 0 Å². The maximum absolute atomic E-state index is 11.1. The largest absolute Gasteiger partial charge is 0.469 e. The van der Waals surface area contributed by atoms with Gasteiger partial charge in [-0.15, -0.1) is 11.3 Å². The molecule has 0 bridgehead atoms. The highest BCUT2D eigenvalue weighted by molar-refractivity contribution is 7.13. The number of carbonyl (C=O) groups is 1. The van der Waals surface area contributed by atoms with Crippen molar-refractivity contribution in [2.45, 2.75) is 32.1 Å². The minimum atomic E-state index is -0.240. The lowest BCUT2D eigenvalue weighted by atomic mass is 10.2. The fraction of sp³-hybridized carbons (Fsp3) is 0.667. The number of ether oxygens (including phenoxy) is 1. The Hall–Kier alpha value is -1.10. The first-order valence-corrected chi connectivity index (χ1v) is 6.91. The average Bonchev–Trinajstić information content (AvgIpc) is 3.05. The van der Waals surface area contributed by atoms with Crippen molar-refractivity contribution in [2.75, 3.05) is 19.0 Å².